The molecule has 0 aliphatic heterocycles. The van der Waals surface area contributed by atoms with E-state index in [4.69, 9.17) is 0 Å². The zero-order valence-corrected chi connectivity index (χ0v) is 13.5. The number of amides is 1. The molecule has 1 aromatic rings. The number of benzene rings is 1. The van der Waals surface area contributed by atoms with Crippen LogP contribution in [0, 0.1) is 5.92 Å². The van der Waals surface area contributed by atoms with Gasteiger partial charge in [0.2, 0.25) is 5.91 Å². The van der Waals surface area contributed by atoms with Crippen LogP contribution in [0.2, 0.25) is 0 Å². The summed E-state index contributed by atoms with van der Waals surface area (Å²) in [6.45, 7) is 9.49. The van der Waals surface area contributed by atoms with Gasteiger partial charge in [0.1, 0.15) is 0 Å². The van der Waals surface area contributed by atoms with Crippen LogP contribution in [0.25, 0.3) is 0 Å². The number of nitrogens with one attached hydrogen (secondary N) is 2. The highest BCUT2D eigenvalue weighted by molar-refractivity contribution is 5.92. The second kappa shape index (κ2) is 8.60. The van der Waals surface area contributed by atoms with Crippen molar-refractivity contribution in [3.8, 4) is 0 Å². The third-order valence-corrected chi connectivity index (χ3v) is 3.44. The molecule has 2 N–H and O–H groups in total. The number of carbonyl (C=O) groups excluding carboxylic acids is 1. The van der Waals surface area contributed by atoms with E-state index in [1.807, 2.05) is 30.3 Å². The molecular weight excluding hydrogens is 262 g/mol. The van der Waals surface area contributed by atoms with E-state index in [0.29, 0.717) is 18.5 Å². The minimum Gasteiger partial charge on any atom is -0.325 e. The first-order valence-corrected chi connectivity index (χ1v) is 7.34. The molecule has 0 saturated heterocycles. The lowest BCUT2D eigenvalue weighted by molar-refractivity contribution is -0.115. The third-order valence-electron chi connectivity index (χ3n) is 3.44. The van der Waals surface area contributed by atoms with Gasteiger partial charge < -0.3 is 10.6 Å². The van der Waals surface area contributed by atoms with Gasteiger partial charge in [-0.1, -0.05) is 32.1 Å². The molecule has 0 aromatic heterocycles. The molecule has 4 heteroatoms. The van der Waals surface area contributed by atoms with E-state index in [9.17, 15) is 4.79 Å². The maximum Gasteiger partial charge on any atom is 0.238 e. The summed E-state index contributed by atoms with van der Waals surface area (Å²) in [5.74, 6) is 0.501. The van der Waals surface area contributed by atoms with Gasteiger partial charge in [0.05, 0.1) is 6.54 Å². The topological polar surface area (TPSA) is 44.4 Å². The molecule has 0 spiro atoms. The van der Waals surface area contributed by atoms with E-state index in [1.165, 1.54) is 5.56 Å². The Hall–Kier alpha value is -1.65. The van der Waals surface area contributed by atoms with Gasteiger partial charge in [-0.2, -0.15) is 0 Å². The predicted octanol–water partition coefficient (Wildman–Crippen LogP) is 2.49. The summed E-state index contributed by atoms with van der Waals surface area (Å²) in [6, 6.07) is 8.34. The molecule has 116 valence electrons. The Bertz CT molecular complexity index is 454. The molecule has 0 bridgehead atoms. The molecule has 1 aromatic carbocycles. The maximum atomic E-state index is 11.5. The normalized spacial score (nSPS) is 12.5. The van der Waals surface area contributed by atoms with Gasteiger partial charge in [-0.15, -0.1) is 6.58 Å². The smallest absolute Gasteiger partial charge is 0.238 e. The van der Waals surface area contributed by atoms with Crippen LogP contribution in [0.3, 0.4) is 0 Å². The van der Waals surface area contributed by atoms with Crippen LogP contribution in [-0.2, 0) is 11.3 Å². The van der Waals surface area contributed by atoms with Crippen molar-refractivity contribution in [2.45, 2.75) is 26.4 Å². The molecule has 0 saturated carbocycles. The van der Waals surface area contributed by atoms with Crippen molar-refractivity contribution in [3.05, 3.63) is 42.5 Å². The van der Waals surface area contributed by atoms with Crippen molar-refractivity contribution in [2.24, 2.45) is 5.92 Å². The standard InChI is InChI=1S/C17H27N3O/c1-6-16(13(2)3)20(5)12-14-7-9-15(10-8-14)19-17(21)11-18-4/h6-10,13,16,18H,1,11-12H2,2-5H3,(H,19,21). The van der Waals surface area contributed by atoms with Gasteiger partial charge in [-0.05, 0) is 37.7 Å². The zero-order chi connectivity index (χ0) is 15.8. The Morgan fingerprint density at radius 3 is 2.43 bits per heavy atom. The van der Waals surface area contributed by atoms with Crippen molar-refractivity contribution in [1.29, 1.82) is 0 Å². The predicted molar refractivity (Wildman–Crippen MR) is 89.3 cm³/mol. The molecule has 0 radical (unpaired) electrons. The largest absolute Gasteiger partial charge is 0.325 e. The second-order valence-electron chi connectivity index (χ2n) is 5.66. The summed E-state index contributed by atoms with van der Waals surface area (Å²) < 4.78 is 0. The average molecular weight is 289 g/mol. The van der Waals surface area contributed by atoms with Gasteiger partial charge in [-0.3, -0.25) is 9.69 Å². The fourth-order valence-electron chi connectivity index (χ4n) is 2.41. The second-order valence-corrected chi connectivity index (χ2v) is 5.66. The summed E-state index contributed by atoms with van der Waals surface area (Å²) in [7, 11) is 3.86. The molecule has 0 aliphatic rings. The fourth-order valence-corrected chi connectivity index (χ4v) is 2.41. The molecule has 1 amide bonds. The molecule has 4 nitrogen and oxygen atoms in total. The van der Waals surface area contributed by atoms with Gasteiger partial charge in [-0.25, -0.2) is 0 Å². The number of hydrogen-bond donors (Lipinski definition) is 2. The highest BCUT2D eigenvalue weighted by Gasteiger charge is 2.15. The highest BCUT2D eigenvalue weighted by Crippen LogP contribution is 2.15. The first-order chi connectivity index (χ1) is 9.97. The molecular formula is C17H27N3O. The Labute approximate surface area is 128 Å². The number of likely N-dealkylation sites (N-methyl/N-ethyl adjacent to an activating group) is 2. The van der Waals surface area contributed by atoms with Crippen LogP contribution in [-0.4, -0.2) is 37.5 Å². The van der Waals surface area contributed by atoms with Crippen LogP contribution in [0.4, 0.5) is 5.69 Å². The molecule has 1 atom stereocenters. The lowest BCUT2D eigenvalue weighted by atomic mass is 10.0. The third kappa shape index (κ3) is 5.69. The van der Waals surface area contributed by atoms with E-state index in [1.54, 1.807) is 7.05 Å². The van der Waals surface area contributed by atoms with Crippen molar-refractivity contribution in [3.63, 3.8) is 0 Å². The Balaban J connectivity index is 2.62. The van der Waals surface area contributed by atoms with Crippen molar-refractivity contribution in [2.75, 3.05) is 26.0 Å². The molecule has 0 heterocycles. The van der Waals surface area contributed by atoms with Crippen LogP contribution in [0.1, 0.15) is 19.4 Å². The fraction of sp³-hybridized carbons (Fsp3) is 0.471. The van der Waals surface area contributed by atoms with Crippen LogP contribution < -0.4 is 10.6 Å². The van der Waals surface area contributed by atoms with E-state index in [-0.39, 0.29) is 5.91 Å². The number of carbonyl (C=O) groups is 1. The number of hydrogen-bond acceptors (Lipinski definition) is 3. The Morgan fingerprint density at radius 2 is 1.95 bits per heavy atom. The first kappa shape index (κ1) is 17.4. The van der Waals surface area contributed by atoms with Crippen molar-refractivity contribution in [1.82, 2.24) is 10.2 Å². The van der Waals surface area contributed by atoms with Gasteiger partial charge in [0.25, 0.3) is 0 Å². The van der Waals surface area contributed by atoms with Crippen LogP contribution in [0.15, 0.2) is 36.9 Å². The summed E-state index contributed by atoms with van der Waals surface area (Å²) in [4.78, 5) is 13.8. The SMILES string of the molecule is C=CC(C(C)C)N(C)Cc1ccc(NC(=O)CNC)cc1. The van der Waals surface area contributed by atoms with Gasteiger partial charge >= 0.3 is 0 Å². The van der Waals surface area contributed by atoms with Crippen LogP contribution in [0.5, 0.6) is 0 Å². The lowest BCUT2D eigenvalue weighted by Crippen LogP contribution is -2.33. The summed E-state index contributed by atoms with van der Waals surface area (Å²) in [5, 5.41) is 5.67. The van der Waals surface area contributed by atoms with Crippen LogP contribution >= 0.6 is 0 Å². The highest BCUT2D eigenvalue weighted by atomic mass is 16.1. The molecule has 1 rings (SSSR count). The number of nitrogens with zero attached hydrogens (tertiary/aromatic N) is 1. The zero-order valence-electron chi connectivity index (χ0n) is 13.5. The van der Waals surface area contributed by atoms with Crippen molar-refractivity contribution >= 4 is 11.6 Å². The molecule has 0 aliphatic carbocycles. The summed E-state index contributed by atoms with van der Waals surface area (Å²) in [5.41, 5.74) is 2.04. The van der Waals surface area contributed by atoms with Gasteiger partial charge in [0, 0.05) is 18.3 Å². The molecule has 0 fully saturated rings. The number of rotatable bonds is 8. The summed E-state index contributed by atoms with van der Waals surface area (Å²) >= 11 is 0. The quantitative estimate of drug-likeness (QED) is 0.723. The Kier molecular flexibility index (Phi) is 7.12. The Morgan fingerprint density at radius 1 is 1.33 bits per heavy atom. The minimum absolute atomic E-state index is 0.0334. The summed E-state index contributed by atoms with van der Waals surface area (Å²) in [6.07, 6.45) is 2.00. The van der Waals surface area contributed by atoms with Crippen molar-refractivity contribution < 1.29 is 4.79 Å². The monoisotopic (exact) mass is 289 g/mol. The van der Waals surface area contributed by atoms with E-state index >= 15 is 0 Å². The minimum atomic E-state index is -0.0334. The van der Waals surface area contributed by atoms with Gasteiger partial charge in [0.15, 0.2) is 0 Å². The van der Waals surface area contributed by atoms with E-state index < -0.39 is 0 Å². The molecule has 1 unspecified atom stereocenters. The average Bonchev–Trinajstić information content (AvgIpc) is 2.41. The van der Waals surface area contributed by atoms with E-state index in [2.05, 4.69) is 43.0 Å². The maximum absolute atomic E-state index is 11.5. The van der Waals surface area contributed by atoms with E-state index in [0.717, 1.165) is 12.2 Å². The molecule has 21 heavy (non-hydrogen) atoms. The number of anilines is 1. The first-order valence-electron chi connectivity index (χ1n) is 7.34. The lowest BCUT2D eigenvalue weighted by Gasteiger charge is -2.28.